The molecule has 0 aliphatic heterocycles. The van der Waals surface area contributed by atoms with E-state index in [1.807, 2.05) is 0 Å². The molecule has 1 amide bonds. The highest BCUT2D eigenvalue weighted by Crippen LogP contribution is 2.04. The Morgan fingerprint density at radius 1 is 1.89 bits per heavy atom. The summed E-state index contributed by atoms with van der Waals surface area (Å²) < 4.78 is 3.69. The molecule has 0 unspecified atom stereocenters. The molecule has 1 aromatic rings. The van der Waals surface area contributed by atoms with Crippen molar-refractivity contribution in [2.45, 2.75) is 6.92 Å². The maximum absolute atomic E-state index is 10.3. The molecule has 0 spiro atoms. The lowest BCUT2D eigenvalue weighted by molar-refractivity contribution is -0.114. The second-order valence-electron chi connectivity index (χ2n) is 1.43. The van der Waals surface area contributed by atoms with Crippen LogP contribution in [0.4, 0.5) is 5.13 Å². The van der Waals surface area contributed by atoms with Gasteiger partial charge >= 0.3 is 0 Å². The zero-order valence-corrected chi connectivity index (χ0v) is 5.60. The van der Waals surface area contributed by atoms with Crippen LogP contribution < -0.4 is 5.32 Å². The molecule has 1 heterocycles. The zero-order chi connectivity index (χ0) is 6.69. The first-order chi connectivity index (χ1) is 4.29. The van der Waals surface area contributed by atoms with Gasteiger partial charge in [0, 0.05) is 18.5 Å². The van der Waals surface area contributed by atoms with Crippen molar-refractivity contribution in [2.75, 3.05) is 5.32 Å². The van der Waals surface area contributed by atoms with Gasteiger partial charge in [-0.15, -0.1) is 0 Å². The van der Waals surface area contributed by atoms with E-state index in [2.05, 4.69) is 14.7 Å². The lowest BCUT2D eigenvalue weighted by Crippen LogP contribution is -2.04. The maximum Gasteiger partial charge on any atom is 0.223 e. The number of amides is 1. The molecule has 1 rings (SSSR count). The molecule has 0 aromatic carbocycles. The van der Waals surface area contributed by atoms with E-state index in [0.29, 0.717) is 5.13 Å². The van der Waals surface area contributed by atoms with Gasteiger partial charge in [-0.1, -0.05) is 0 Å². The Morgan fingerprint density at radius 3 is 3.11 bits per heavy atom. The molecule has 0 radical (unpaired) electrons. The molecule has 0 saturated heterocycles. The molecule has 0 aliphatic carbocycles. The minimum atomic E-state index is -0.119. The van der Waals surface area contributed by atoms with Gasteiger partial charge in [-0.3, -0.25) is 4.79 Å². The third kappa shape index (κ3) is 1.77. The Hall–Kier alpha value is -0.970. The first kappa shape index (κ1) is 6.15. The van der Waals surface area contributed by atoms with Crippen molar-refractivity contribution in [3.63, 3.8) is 0 Å². The number of hydrogen-bond donors (Lipinski definition) is 1. The van der Waals surface area contributed by atoms with Crippen LogP contribution in [0, 0.1) is 0 Å². The second kappa shape index (κ2) is 2.54. The molecule has 1 N–H and O–H groups in total. The first-order valence-electron chi connectivity index (χ1n) is 2.33. The number of nitrogens with zero attached hydrogens (tertiary/aromatic N) is 2. The van der Waals surface area contributed by atoms with Gasteiger partial charge in [-0.25, -0.2) is 4.98 Å². The molecular formula is C4H5N3OS. The highest BCUT2D eigenvalue weighted by Gasteiger charge is 1.95. The summed E-state index contributed by atoms with van der Waals surface area (Å²) in [6.45, 7) is 1.43. The van der Waals surface area contributed by atoms with Gasteiger partial charge < -0.3 is 5.32 Å². The summed E-state index contributed by atoms with van der Waals surface area (Å²) in [6, 6.07) is 0. The highest BCUT2D eigenvalue weighted by molar-refractivity contribution is 7.09. The zero-order valence-electron chi connectivity index (χ0n) is 4.79. The third-order valence-corrected chi connectivity index (χ3v) is 1.22. The standard InChI is InChI=1S/C4H5N3OS/c1-3(8)7-4-5-2-6-9-4/h2H,1H3,(H,5,6,7,8). The van der Waals surface area contributed by atoms with E-state index in [4.69, 9.17) is 0 Å². The minimum absolute atomic E-state index is 0.119. The number of carbonyl (C=O) groups excluding carboxylic acids is 1. The molecule has 0 saturated carbocycles. The number of hydrogen-bond acceptors (Lipinski definition) is 4. The number of rotatable bonds is 1. The van der Waals surface area contributed by atoms with Crippen LogP contribution in [-0.4, -0.2) is 15.3 Å². The average molecular weight is 143 g/mol. The van der Waals surface area contributed by atoms with Crippen LogP contribution in [0.2, 0.25) is 0 Å². The van der Waals surface area contributed by atoms with Gasteiger partial charge in [-0.05, 0) is 0 Å². The molecule has 4 nitrogen and oxygen atoms in total. The van der Waals surface area contributed by atoms with Gasteiger partial charge in [0.15, 0.2) is 0 Å². The number of carbonyl (C=O) groups is 1. The molecule has 5 heteroatoms. The fraction of sp³-hybridized carbons (Fsp3) is 0.250. The van der Waals surface area contributed by atoms with E-state index in [0.717, 1.165) is 11.5 Å². The summed E-state index contributed by atoms with van der Waals surface area (Å²) in [4.78, 5) is 14.1. The third-order valence-electron chi connectivity index (χ3n) is 0.644. The van der Waals surface area contributed by atoms with E-state index < -0.39 is 0 Å². The summed E-state index contributed by atoms with van der Waals surface area (Å²) in [5, 5.41) is 3.03. The largest absolute Gasteiger partial charge is 0.301 e. The number of nitrogens with one attached hydrogen (secondary N) is 1. The van der Waals surface area contributed by atoms with Crippen LogP contribution in [0.25, 0.3) is 0 Å². The monoisotopic (exact) mass is 143 g/mol. The summed E-state index contributed by atoms with van der Waals surface area (Å²) in [5.74, 6) is -0.119. The van der Waals surface area contributed by atoms with E-state index >= 15 is 0 Å². The molecule has 0 bridgehead atoms. The Balaban J connectivity index is 2.58. The quantitative estimate of drug-likeness (QED) is 0.622. The van der Waals surface area contributed by atoms with Crippen molar-refractivity contribution < 1.29 is 4.79 Å². The maximum atomic E-state index is 10.3. The van der Waals surface area contributed by atoms with E-state index in [1.54, 1.807) is 0 Å². The predicted molar refractivity (Wildman–Crippen MR) is 34.2 cm³/mol. The van der Waals surface area contributed by atoms with Gasteiger partial charge in [0.05, 0.1) is 0 Å². The molecule has 0 fully saturated rings. The van der Waals surface area contributed by atoms with Gasteiger partial charge in [-0.2, -0.15) is 4.37 Å². The van der Waals surface area contributed by atoms with Crippen molar-refractivity contribution in [2.24, 2.45) is 0 Å². The van der Waals surface area contributed by atoms with Gasteiger partial charge in [0.25, 0.3) is 0 Å². The van der Waals surface area contributed by atoms with Crippen molar-refractivity contribution in [3.8, 4) is 0 Å². The molecule has 1 aromatic heterocycles. The van der Waals surface area contributed by atoms with E-state index in [-0.39, 0.29) is 5.91 Å². The molecule has 0 aliphatic rings. The Kier molecular flexibility index (Phi) is 1.74. The lowest BCUT2D eigenvalue weighted by Gasteiger charge is -1.89. The summed E-state index contributed by atoms with van der Waals surface area (Å²) >= 11 is 1.16. The molecule has 48 valence electrons. The number of anilines is 1. The van der Waals surface area contributed by atoms with Crippen LogP contribution >= 0.6 is 11.5 Å². The smallest absolute Gasteiger partial charge is 0.223 e. The van der Waals surface area contributed by atoms with Gasteiger partial charge in [0.1, 0.15) is 6.33 Å². The van der Waals surface area contributed by atoms with Gasteiger partial charge in [0.2, 0.25) is 11.0 Å². The van der Waals surface area contributed by atoms with Crippen molar-refractivity contribution in [1.29, 1.82) is 0 Å². The topological polar surface area (TPSA) is 54.9 Å². The average Bonchev–Trinajstić information content (AvgIpc) is 2.15. The summed E-state index contributed by atoms with van der Waals surface area (Å²) in [6.07, 6.45) is 1.40. The van der Waals surface area contributed by atoms with Crippen LogP contribution in [0.3, 0.4) is 0 Å². The molecular weight excluding hydrogens is 138 g/mol. The number of aromatic nitrogens is 2. The van der Waals surface area contributed by atoms with Crippen LogP contribution in [0.5, 0.6) is 0 Å². The Bertz CT molecular complexity index is 196. The molecule has 9 heavy (non-hydrogen) atoms. The minimum Gasteiger partial charge on any atom is -0.301 e. The first-order valence-corrected chi connectivity index (χ1v) is 3.10. The SMILES string of the molecule is CC(=O)Nc1ncns1. The lowest BCUT2D eigenvalue weighted by atomic mass is 10.7. The predicted octanol–water partition coefficient (Wildman–Crippen LogP) is 0.496. The van der Waals surface area contributed by atoms with Crippen LogP contribution in [0.1, 0.15) is 6.92 Å². The Labute approximate surface area is 56.1 Å². The Morgan fingerprint density at radius 2 is 2.67 bits per heavy atom. The van der Waals surface area contributed by atoms with Crippen molar-refractivity contribution in [1.82, 2.24) is 9.36 Å². The normalized spacial score (nSPS) is 9.00. The highest BCUT2D eigenvalue weighted by atomic mass is 32.1. The summed E-state index contributed by atoms with van der Waals surface area (Å²) in [5.41, 5.74) is 0. The fourth-order valence-electron chi connectivity index (χ4n) is 0.379. The van der Waals surface area contributed by atoms with Crippen LogP contribution in [-0.2, 0) is 4.79 Å². The summed E-state index contributed by atoms with van der Waals surface area (Å²) in [7, 11) is 0. The van der Waals surface area contributed by atoms with Crippen LogP contribution in [0.15, 0.2) is 6.33 Å². The molecule has 0 atom stereocenters. The van der Waals surface area contributed by atoms with E-state index in [9.17, 15) is 4.79 Å². The second-order valence-corrected chi connectivity index (χ2v) is 2.21. The van der Waals surface area contributed by atoms with Crippen molar-refractivity contribution >= 4 is 22.6 Å². The fourth-order valence-corrected chi connectivity index (χ4v) is 0.857. The van der Waals surface area contributed by atoms with Crippen molar-refractivity contribution in [3.05, 3.63) is 6.33 Å². The van der Waals surface area contributed by atoms with E-state index in [1.165, 1.54) is 13.3 Å².